The first-order chi connectivity index (χ1) is 7.65. The van der Waals surface area contributed by atoms with Gasteiger partial charge in [0, 0.05) is 10.2 Å². The second-order valence-electron chi connectivity index (χ2n) is 2.96. The molecule has 0 aromatic heterocycles. The number of carbonyl (C=O) groups excluding carboxylic acids is 1. The average molecular weight is 300 g/mol. The molecule has 0 aliphatic rings. The van der Waals surface area contributed by atoms with Crippen molar-refractivity contribution in [2.45, 2.75) is 17.1 Å². The fourth-order valence-corrected chi connectivity index (χ4v) is 2.00. The van der Waals surface area contributed by atoms with Crippen LogP contribution in [0.1, 0.15) is 28.4 Å². The van der Waals surface area contributed by atoms with Crippen LogP contribution in [-0.2, 0) is 10.1 Å². The third-order valence-corrected chi connectivity index (χ3v) is 2.98. The molecule has 0 N–H and O–H groups in total. The van der Waals surface area contributed by atoms with Crippen LogP contribution in [0.25, 0.3) is 0 Å². The summed E-state index contributed by atoms with van der Waals surface area (Å²) in [4.78, 5) is 12.2. The summed E-state index contributed by atoms with van der Waals surface area (Å²) in [5, 5.41) is 9.50. The summed E-state index contributed by atoms with van der Waals surface area (Å²) in [6, 6.07) is 5.43. The number of thiol groups is 1. The van der Waals surface area contributed by atoms with Crippen LogP contribution in [0.4, 0.5) is 0 Å². The smallest absolute Gasteiger partial charge is 0.339 e. The Bertz CT molecular complexity index is 454. The number of benzene rings is 1. The highest BCUT2D eigenvalue weighted by atomic mass is 79.9. The van der Waals surface area contributed by atoms with E-state index in [1.165, 1.54) is 0 Å². The Labute approximate surface area is 108 Å². The molecule has 0 atom stereocenters. The van der Waals surface area contributed by atoms with E-state index in [2.05, 4.69) is 28.6 Å². The van der Waals surface area contributed by atoms with Gasteiger partial charge in [0.05, 0.1) is 17.7 Å². The molecule has 0 unspecified atom stereocenters. The van der Waals surface area contributed by atoms with Gasteiger partial charge in [-0.3, -0.25) is 0 Å². The first-order valence-electron chi connectivity index (χ1n) is 4.63. The fourth-order valence-electron chi connectivity index (χ4n) is 1.30. The van der Waals surface area contributed by atoms with Crippen molar-refractivity contribution in [2.24, 2.45) is 0 Å². The van der Waals surface area contributed by atoms with Crippen LogP contribution >= 0.6 is 28.6 Å². The molecular weight excluding hydrogens is 290 g/mol. The standard InChI is InChI=1S/C11H10BrNO2S/c1-2-15-11(14)10-7(5-12)3-4-9(16)8(10)6-13/h3-4,16H,2,5H2,1H3. The minimum absolute atomic E-state index is 0.263. The quantitative estimate of drug-likeness (QED) is 0.530. The molecule has 1 rings (SSSR count). The number of hydrogen-bond acceptors (Lipinski definition) is 4. The van der Waals surface area contributed by atoms with Gasteiger partial charge in [0.15, 0.2) is 0 Å². The molecule has 0 radical (unpaired) electrons. The summed E-state index contributed by atoms with van der Waals surface area (Å²) in [6.07, 6.45) is 0. The molecule has 0 saturated carbocycles. The van der Waals surface area contributed by atoms with Gasteiger partial charge >= 0.3 is 5.97 Å². The van der Waals surface area contributed by atoms with E-state index >= 15 is 0 Å². The summed E-state index contributed by atoms with van der Waals surface area (Å²) < 4.78 is 4.92. The van der Waals surface area contributed by atoms with Crippen molar-refractivity contribution < 1.29 is 9.53 Å². The Morgan fingerprint density at radius 3 is 2.81 bits per heavy atom. The largest absolute Gasteiger partial charge is 0.462 e. The maximum Gasteiger partial charge on any atom is 0.339 e. The number of carbonyl (C=O) groups is 1. The van der Waals surface area contributed by atoms with Crippen molar-refractivity contribution in [3.8, 4) is 6.07 Å². The van der Waals surface area contributed by atoms with Gasteiger partial charge in [0.2, 0.25) is 0 Å². The summed E-state index contributed by atoms with van der Waals surface area (Å²) in [6.45, 7) is 2.00. The predicted octanol–water partition coefficient (Wildman–Crippen LogP) is 2.92. The number of nitrogens with zero attached hydrogens (tertiary/aromatic N) is 1. The van der Waals surface area contributed by atoms with Gasteiger partial charge in [-0.15, -0.1) is 12.6 Å². The Morgan fingerprint density at radius 1 is 1.62 bits per heavy atom. The lowest BCUT2D eigenvalue weighted by atomic mass is 10.0. The minimum Gasteiger partial charge on any atom is -0.462 e. The molecule has 5 heteroatoms. The monoisotopic (exact) mass is 299 g/mol. The number of halogens is 1. The highest BCUT2D eigenvalue weighted by molar-refractivity contribution is 9.08. The van der Waals surface area contributed by atoms with Crippen LogP contribution in [0.15, 0.2) is 17.0 Å². The van der Waals surface area contributed by atoms with Crippen LogP contribution in [0, 0.1) is 11.3 Å². The molecule has 1 aromatic rings. The molecule has 0 amide bonds. The number of rotatable bonds is 3. The minimum atomic E-state index is -0.482. The maximum absolute atomic E-state index is 11.7. The number of hydrogen-bond donors (Lipinski definition) is 1. The Balaban J connectivity index is 3.37. The van der Waals surface area contributed by atoms with E-state index in [1.807, 2.05) is 6.07 Å². The summed E-state index contributed by atoms with van der Waals surface area (Å²) in [5.74, 6) is -0.482. The van der Waals surface area contributed by atoms with Crippen molar-refractivity contribution in [3.63, 3.8) is 0 Å². The van der Waals surface area contributed by atoms with Gasteiger partial charge in [-0.05, 0) is 18.6 Å². The summed E-state index contributed by atoms with van der Waals surface area (Å²) >= 11 is 7.42. The van der Waals surface area contributed by atoms with E-state index in [0.29, 0.717) is 15.8 Å². The maximum atomic E-state index is 11.7. The second kappa shape index (κ2) is 5.92. The highest BCUT2D eigenvalue weighted by Gasteiger charge is 2.19. The van der Waals surface area contributed by atoms with E-state index in [9.17, 15) is 4.79 Å². The van der Waals surface area contributed by atoms with Crippen LogP contribution in [0.2, 0.25) is 0 Å². The zero-order valence-corrected chi connectivity index (χ0v) is 11.1. The highest BCUT2D eigenvalue weighted by Crippen LogP contribution is 2.24. The van der Waals surface area contributed by atoms with Crippen LogP contribution in [0.5, 0.6) is 0 Å². The molecule has 0 heterocycles. The van der Waals surface area contributed by atoms with Crippen molar-refractivity contribution >= 4 is 34.5 Å². The molecule has 0 saturated heterocycles. The summed E-state index contributed by atoms with van der Waals surface area (Å²) in [5.41, 5.74) is 1.29. The van der Waals surface area contributed by atoms with Gasteiger partial charge in [-0.25, -0.2) is 4.79 Å². The fraction of sp³-hybridized carbons (Fsp3) is 0.273. The molecule has 0 fully saturated rings. The van der Waals surface area contributed by atoms with Crippen molar-refractivity contribution in [3.05, 3.63) is 28.8 Å². The number of alkyl halides is 1. The lowest BCUT2D eigenvalue weighted by molar-refractivity contribution is 0.0525. The van der Waals surface area contributed by atoms with Crippen molar-refractivity contribution in [1.82, 2.24) is 0 Å². The first-order valence-corrected chi connectivity index (χ1v) is 6.20. The molecule has 0 aliphatic carbocycles. The van der Waals surface area contributed by atoms with E-state index in [4.69, 9.17) is 10.00 Å². The van der Waals surface area contributed by atoms with Crippen LogP contribution in [-0.4, -0.2) is 12.6 Å². The Kier molecular flexibility index (Phi) is 4.84. The summed E-state index contributed by atoms with van der Waals surface area (Å²) in [7, 11) is 0. The van der Waals surface area contributed by atoms with Gasteiger partial charge in [-0.1, -0.05) is 22.0 Å². The third kappa shape index (κ3) is 2.57. The van der Waals surface area contributed by atoms with E-state index in [-0.39, 0.29) is 12.2 Å². The topological polar surface area (TPSA) is 50.1 Å². The molecule has 0 bridgehead atoms. The van der Waals surface area contributed by atoms with Gasteiger partial charge in [0.25, 0.3) is 0 Å². The predicted molar refractivity (Wildman–Crippen MR) is 67.0 cm³/mol. The number of nitriles is 1. The molecule has 16 heavy (non-hydrogen) atoms. The van der Waals surface area contributed by atoms with E-state index in [0.717, 1.165) is 5.56 Å². The average Bonchev–Trinajstić information content (AvgIpc) is 2.28. The van der Waals surface area contributed by atoms with Crippen LogP contribution in [0.3, 0.4) is 0 Å². The Hall–Kier alpha value is -0.990. The van der Waals surface area contributed by atoms with E-state index < -0.39 is 5.97 Å². The van der Waals surface area contributed by atoms with Gasteiger partial charge in [-0.2, -0.15) is 5.26 Å². The SMILES string of the molecule is CCOC(=O)c1c(CBr)ccc(S)c1C#N. The normalized spacial score (nSPS) is 9.62. The van der Waals surface area contributed by atoms with Gasteiger partial charge in [0.1, 0.15) is 6.07 Å². The molecule has 0 spiro atoms. The van der Waals surface area contributed by atoms with Crippen molar-refractivity contribution in [2.75, 3.05) is 6.61 Å². The molecule has 84 valence electrons. The van der Waals surface area contributed by atoms with Crippen LogP contribution < -0.4 is 0 Å². The first kappa shape index (κ1) is 13.1. The number of esters is 1. The zero-order valence-electron chi connectivity index (χ0n) is 8.66. The molecule has 0 aliphatic heterocycles. The lowest BCUT2D eigenvalue weighted by Crippen LogP contribution is -2.10. The molecule has 1 aromatic carbocycles. The van der Waals surface area contributed by atoms with Gasteiger partial charge < -0.3 is 4.74 Å². The Morgan fingerprint density at radius 2 is 2.31 bits per heavy atom. The zero-order chi connectivity index (χ0) is 12.1. The molecular formula is C11H10BrNO2S. The lowest BCUT2D eigenvalue weighted by Gasteiger charge is -2.09. The number of ether oxygens (including phenoxy) is 1. The van der Waals surface area contributed by atoms with Crippen molar-refractivity contribution in [1.29, 1.82) is 5.26 Å². The van der Waals surface area contributed by atoms with E-state index in [1.54, 1.807) is 19.1 Å². The third-order valence-electron chi connectivity index (χ3n) is 2.00. The molecule has 3 nitrogen and oxygen atoms in total. The second-order valence-corrected chi connectivity index (χ2v) is 4.00.